The van der Waals surface area contributed by atoms with Crippen LogP contribution >= 0.6 is 0 Å². The van der Waals surface area contributed by atoms with Gasteiger partial charge < -0.3 is 15.0 Å². The van der Waals surface area contributed by atoms with Gasteiger partial charge in [-0.15, -0.1) is 5.10 Å². The Morgan fingerprint density at radius 1 is 0.969 bits per heavy atom. The van der Waals surface area contributed by atoms with E-state index < -0.39 is 0 Å². The van der Waals surface area contributed by atoms with Gasteiger partial charge in [-0.05, 0) is 17.5 Å². The number of rotatable bonds is 8. The fourth-order valence-corrected chi connectivity index (χ4v) is 3.78. The van der Waals surface area contributed by atoms with Crippen molar-refractivity contribution in [2.45, 2.75) is 18.9 Å². The first-order valence-corrected chi connectivity index (χ1v) is 10.9. The molecule has 2 amide bonds. The first kappa shape index (κ1) is 21.7. The zero-order valence-electron chi connectivity index (χ0n) is 17.9. The van der Waals surface area contributed by atoms with E-state index in [0.717, 1.165) is 11.1 Å². The fraction of sp³-hybridized carbons (Fsp3) is 0.333. The summed E-state index contributed by atoms with van der Waals surface area (Å²) in [7, 11) is 0. The molecule has 0 radical (unpaired) electrons. The number of nitrogens with zero attached hydrogens (tertiary/aromatic N) is 4. The van der Waals surface area contributed by atoms with Crippen LogP contribution in [0.3, 0.4) is 0 Å². The van der Waals surface area contributed by atoms with Gasteiger partial charge >= 0.3 is 0 Å². The number of amides is 2. The number of benzene rings is 2. The third-order valence-electron chi connectivity index (χ3n) is 5.45. The molecule has 0 aliphatic carbocycles. The van der Waals surface area contributed by atoms with E-state index in [1.807, 2.05) is 60.7 Å². The maximum Gasteiger partial charge on any atom is 0.276 e. The Morgan fingerprint density at radius 3 is 2.22 bits per heavy atom. The Bertz CT molecular complexity index is 977. The molecular weight excluding hydrogens is 406 g/mol. The molecule has 0 unspecified atom stereocenters. The summed E-state index contributed by atoms with van der Waals surface area (Å²) in [4.78, 5) is 27.2. The normalized spacial score (nSPS) is 13.8. The van der Waals surface area contributed by atoms with E-state index >= 15 is 0 Å². The van der Waals surface area contributed by atoms with E-state index in [1.54, 1.807) is 15.8 Å². The number of hydrogen-bond acceptors (Lipinski definition) is 5. The molecular formula is C24H27N5O3. The molecule has 0 spiro atoms. The number of ether oxygens (including phenoxy) is 1. The maximum atomic E-state index is 13.0. The van der Waals surface area contributed by atoms with E-state index in [4.69, 9.17) is 4.74 Å². The molecule has 166 valence electrons. The predicted molar refractivity (Wildman–Crippen MR) is 119 cm³/mol. The fourth-order valence-electron chi connectivity index (χ4n) is 3.78. The molecule has 3 aromatic rings. The van der Waals surface area contributed by atoms with Crippen molar-refractivity contribution in [2.75, 3.05) is 32.8 Å². The van der Waals surface area contributed by atoms with E-state index in [2.05, 4.69) is 15.6 Å². The average molecular weight is 434 g/mol. The third kappa shape index (κ3) is 5.39. The van der Waals surface area contributed by atoms with E-state index in [0.29, 0.717) is 51.5 Å². The lowest BCUT2D eigenvalue weighted by atomic mass is 9.90. The minimum absolute atomic E-state index is 0.0378. The zero-order valence-corrected chi connectivity index (χ0v) is 17.9. The monoisotopic (exact) mass is 433 g/mol. The highest BCUT2D eigenvalue weighted by Crippen LogP contribution is 2.24. The van der Waals surface area contributed by atoms with Crippen molar-refractivity contribution in [1.29, 1.82) is 0 Å². The summed E-state index contributed by atoms with van der Waals surface area (Å²) in [5.74, 6) is -0.521. The molecule has 1 saturated heterocycles. The highest BCUT2D eigenvalue weighted by atomic mass is 16.5. The molecule has 4 rings (SSSR count). The lowest BCUT2D eigenvalue weighted by molar-refractivity contribution is -0.121. The van der Waals surface area contributed by atoms with Crippen LogP contribution in [0, 0.1) is 0 Å². The number of aromatic nitrogens is 3. The lowest BCUT2D eigenvalue weighted by Crippen LogP contribution is -2.40. The third-order valence-corrected chi connectivity index (χ3v) is 5.45. The molecule has 0 saturated carbocycles. The molecule has 1 aromatic heterocycles. The predicted octanol–water partition coefficient (Wildman–Crippen LogP) is 2.09. The summed E-state index contributed by atoms with van der Waals surface area (Å²) < 4.78 is 6.92. The van der Waals surface area contributed by atoms with Crippen LogP contribution in [0.2, 0.25) is 0 Å². The van der Waals surface area contributed by atoms with Crippen LogP contribution in [0.4, 0.5) is 0 Å². The minimum Gasteiger partial charge on any atom is -0.378 e. The van der Waals surface area contributed by atoms with Crippen molar-refractivity contribution in [3.63, 3.8) is 0 Å². The summed E-state index contributed by atoms with van der Waals surface area (Å²) in [6.45, 7) is 3.30. The van der Waals surface area contributed by atoms with Crippen LogP contribution in [0.15, 0.2) is 66.9 Å². The van der Waals surface area contributed by atoms with Gasteiger partial charge in [-0.3, -0.25) is 14.3 Å². The smallest absolute Gasteiger partial charge is 0.276 e. The number of carbonyl (C=O) groups is 2. The second kappa shape index (κ2) is 10.7. The molecule has 8 heteroatoms. The SMILES string of the molecule is O=C(NCCCn1cc(C(=O)N2CCOCC2)nn1)C(c1ccccc1)c1ccccc1. The van der Waals surface area contributed by atoms with Crippen molar-refractivity contribution < 1.29 is 14.3 Å². The summed E-state index contributed by atoms with van der Waals surface area (Å²) >= 11 is 0. The molecule has 2 aromatic carbocycles. The summed E-state index contributed by atoms with van der Waals surface area (Å²) in [5, 5.41) is 11.1. The second-order valence-corrected chi connectivity index (χ2v) is 7.67. The molecule has 1 aliphatic rings. The lowest BCUT2D eigenvalue weighted by Gasteiger charge is -2.25. The first-order chi connectivity index (χ1) is 15.7. The van der Waals surface area contributed by atoms with Gasteiger partial charge in [0.25, 0.3) is 5.91 Å². The Kier molecular flexibility index (Phi) is 7.24. The molecule has 8 nitrogen and oxygen atoms in total. The topological polar surface area (TPSA) is 89.4 Å². The Labute approximate surface area is 187 Å². The molecule has 1 N–H and O–H groups in total. The van der Waals surface area contributed by atoms with Crippen LogP contribution in [0.1, 0.15) is 34.0 Å². The molecule has 2 heterocycles. The van der Waals surface area contributed by atoms with Crippen molar-refractivity contribution in [1.82, 2.24) is 25.2 Å². The maximum absolute atomic E-state index is 13.0. The standard InChI is InChI=1S/C24H27N5O3/c30-23(22(19-8-3-1-4-9-19)20-10-5-2-6-11-20)25-12-7-13-29-18-21(26-27-29)24(31)28-14-16-32-17-15-28/h1-6,8-11,18,22H,7,12-17H2,(H,25,30). The Morgan fingerprint density at radius 2 is 1.59 bits per heavy atom. The van der Waals surface area contributed by atoms with Crippen molar-refractivity contribution in [3.8, 4) is 0 Å². The van der Waals surface area contributed by atoms with Gasteiger partial charge in [-0.1, -0.05) is 65.9 Å². The summed E-state index contributed by atoms with van der Waals surface area (Å²) in [6.07, 6.45) is 2.34. The van der Waals surface area contributed by atoms with E-state index in [9.17, 15) is 9.59 Å². The molecule has 0 atom stereocenters. The largest absolute Gasteiger partial charge is 0.378 e. The molecule has 0 bridgehead atoms. The Hall–Kier alpha value is -3.52. The number of aryl methyl sites for hydroxylation is 1. The van der Waals surface area contributed by atoms with Gasteiger partial charge in [-0.2, -0.15) is 0 Å². The quantitative estimate of drug-likeness (QED) is 0.550. The first-order valence-electron chi connectivity index (χ1n) is 10.9. The summed E-state index contributed by atoms with van der Waals surface area (Å²) in [5.41, 5.74) is 2.25. The van der Waals surface area contributed by atoms with Crippen LogP contribution < -0.4 is 5.32 Å². The van der Waals surface area contributed by atoms with Gasteiger partial charge in [0.05, 0.1) is 25.3 Å². The highest BCUT2D eigenvalue weighted by molar-refractivity contribution is 5.92. The molecule has 1 aliphatic heterocycles. The second-order valence-electron chi connectivity index (χ2n) is 7.67. The van der Waals surface area contributed by atoms with Crippen LogP contribution in [-0.2, 0) is 16.1 Å². The van der Waals surface area contributed by atoms with Crippen molar-refractivity contribution in [2.24, 2.45) is 0 Å². The highest BCUT2D eigenvalue weighted by Gasteiger charge is 2.23. The van der Waals surface area contributed by atoms with Gasteiger partial charge in [0.2, 0.25) is 5.91 Å². The number of morpholine rings is 1. The van der Waals surface area contributed by atoms with Crippen molar-refractivity contribution in [3.05, 3.63) is 83.7 Å². The zero-order chi connectivity index (χ0) is 22.2. The van der Waals surface area contributed by atoms with Gasteiger partial charge in [0, 0.05) is 26.2 Å². The van der Waals surface area contributed by atoms with Gasteiger partial charge in [0.15, 0.2) is 5.69 Å². The minimum atomic E-state index is -0.360. The van der Waals surface area contributed by atoms with Crippen LogP contribution in [-0.4, -0.2) is 64.6 Å². The van der Waals surface area contributed by atoms with Crippen LogP contribution in [0.25, 0.3) is 0 Å². The number of nitrogens with one attached hydrogen (secondary N) is 1. The summed E-state index contributed by atoms with van der Waals surface area (Å²) in [6, 6.07) is 19.5. The van der Waals surface area contributed by atoms with Gasteiger partial charge in [-0.25, -0.2) is 0 Å². The Balaban J connectivity index is 1.30. The van der Waals surface area contributed by atoms with Crippen molar-refractivity contribution >= 4 is 11.8 Å². The van der Waals surface area contributed by atoms with Crippen LogP contribution in [0.5, 0.6) is 0 Å². The molecule has 1 fully saturated rings. The number of carbonyl (C=O) groups excluding carboxylic acids is 2. The molecule has 32 heavy (non-hydrogen) atoms. The van der Waals surface area contributed by atoms with E-state index in [1.165, 1.54) is 0 Å². The van der Waals surface area contributed by atoms with Gasteiger partial charge in [0.1, 0.15) is 0 Å². The average Bonchev–Trinajstić information content (AvgIpc) is 3.32. The number of hydrogen-bond donors (Lipinski definition) is 1. The van der Waals surface area contributed by atoms with E-state index in [-0.39, 0.29) is 17.7 Å².